The number of ether oxygens (including phenoxy) is 1. The number of benzene rings is 2. The Bertz CT molecular complexity index is 1360. The minimum Gasteiger partial charge on any atom is -0.405 e. The zero-order chi connectivity index (χ0) is 24.6. The Balaban J connectivity index is 1.45. The van der Waals surface area contributed by atoms with Crippen LogP contribution in [-0.4, -0.2) is 53.9 Å². The first-order chi connectivity index (χ1) is 16.8. The van der Waals surface area contributed by atoms with E-state index in [1.165, 1.54) is 35.4 Å². The van der Waals surface area contributed by atoms with E-state index in [0.29, 0.717) is 41.5 Å². The third-order valence-corrected chi connectivity index (χ3v) is 5.76. The van der Waals surface area contributed by atoms with Crippen molar-refractivity contribution in [1.29, 1.82) is 0 Å². The molecule has 0 aliphatic carbocycles. The summed E-state index contributed by atoms with van der Waals surface area (Å²) in [5.74, 6) is -0.220. The fourth-order valence-electron chi connectivity index (χ4n) is 4.06. The number of likely N-dealkylation sites (tertiary alicyclic amines) is 1. The van der Waals surface area contributed by atoms with Crippen molar-refractivity contribution in [2.75, 3.05) is 6.54 Å². The summed E-state index contributed by atoms with van der Waals surface area (Å²) in [6.07, 6.45) is -0.561. The number of hydrogen-bond acceptors (Lipinski definition) is 6. The molecule has 0 bridgehead atoms. The van der Waals surface area contributed by atoms with Gasteiger partial charge in [-0.3, -0.25) is 4.79 Å². The molecular formula is C22H17ClF3N7O2. The third-order valence-electron chi connectivity index (χ3n) is 5.53. The first kappa shape index (κ1) is 22.8. The van der Waals surface area contributed by atoms with Crippen LogP contribution in [0.15, 0.2) is 54.9 Å². The van der Waals surface area contributed by atoms with Gasteiger partial charge in [0, 0.05) is 11.6 Å². The number of carbonyl (C=O) groups excluding carboxylic acids is 1. The molecule has 180 valence electrons. The topological polar surface area (TPSA) is 102 Å². The number of rotatable bonds is 5. The Morgan fingerprint density at radius 2 is 1.89 bits per heavy atom. The summed E-state index contributed by atoms with van der Waals surface area (Å²) in [5, 5.41) is 16.8. The van der Waals surface area contributed by atoms with Crippen LogP contribution in [0.1, 0.15) is 35.1 Å². The van der Waals surface area contributed by atoms with Gasteiger partial charge >= 0.3 is 6.36 Å². The van der Waals surface area contributed by atoms with Gasteiger partial charge in [0.25, 0.3) is 5.91 Å². The number of carbonyl (C=O) groups is 1. The van der Waals surface area contributed by atoms with E-state index in [0.717, 1.165) is 0 Å². The molecule has 1 aliphatic heterocycles. The number of halogens is 4. The van der Waals surface area contributed by atoms with Crippen LogP contribution in [0.4, 0.5) is 13.2 Å². The Morgan fingerprint density at radius 1 is 1.11 bits per heavy atom. The van der Waals surface area contributed by atoms with Crippen LogP contribution in [0.3, 0.4) is 0 Å². The van der Waals surface area contributed by atoms with Gasteiger partial charge in [0.1, 0.15) is 5.75 Å². The number of nitrogens with one attached hydrogen (secondary N) is 1. The van der Waals surface area contributed by atoms with Crippen molar-refractivity contribution in [1.82, 2.24) is 35.1 Å². The molecule has 9 nitrogen and oxygen atoms in total. The molecule has 1 fully saturated rings. The van der Waals surface area contributed by atoms with Gasteiger partial charge in [-0.1, -0.05) is 23.7 Å². The molecule has 0 radical (unpaired) electrons. The van der Waals surface area contributed by atoms with Crippen molar-refractivity contribution < 1.29 is 22.7 Å². The summed E-state index contributed by atoms with van der Waals surface area (Å²) in [4.78, 5) is 19.5. The maximum absolute atomic E-state index is 13.6. The van der Waals surface area contributed by atoms with E-state index in [9.17, 15) is 18.0 Å². The maximum atomic E-state index is 13.6. The molecule has 1 unspecified atom stereocenters. The Kier molecular flexibility index (Phi) is 5.89. The molecule has 4 aromatic rings. The van der Waals surface area contributed by atoms with Gasteiger partial charge < -0.3 is 14.6 Å². The number of aromatic nitrogens is 6. The third kappa shape index (κ3) is 4.69. The standard InChI is InChI=1S/C22H17ClF3N7O2/c23-13-7-8-14(17(12-13)33-27-9-10-28-33)21(34)32-11-3-5-16(32)20-29-19(30-31-20)15-4-1-2-6-18(15)35-22(24,25)26/h1-2,4,6-10,12,16H,3,5,11H2,(H,29,30,31). The van der Waals surface area contributed by atoms with Crippen LogP contribution < -0.4 is 4.74 Å². The molecule has 2 aromatic carbocycles. The van der Waals surface area contributed by atoms with Crippen LogP contribution >= 0.6 is 11.6 Å². The van der Waals surface area contributed by atoms with Gasteiger partial charge in [0.15, 0.2) is 11.6 Å². The number of aromatic amines is 1. The normalized spacial score (nSPS) is 16.0. The van der Waals surface area contributed by atoms with Crippen LogP contribution in [0.5, 0.6) is 5.75 Å². The Morgan fingerprint density at radius 3 is 2.66 bits per heavy atom. The summed E-state index contributed by atoms with van der Waals surface area (Å²) in [5.41, 5.74) is 0.875. The monoisotopic (exact) mass is 503 g/mol. The summed E-state index contributed by atoms with van der Waals surface area (Å²) in [6.45, 7) is 0.460. The number of hydrogen-bond donors (Lipinski definition) is 1. The Labute approximate surface area is 201 Å². The van der Waals surface area contributed by atoms with Crippen molar-refractivity contribution in [3.63, 3.8) is 0 Å². The van der Waals surface area contributed by atoms with Gasteiger partial charge in [-0.15, -0.1) is 23.4 Å². The summed E-state index contributed by atoms with van der Waals surface area (Å²) >= 11 is 6.14. The van der Waals surface area contributed by atoms with Crippen LogP contribution in [0, 0.1) is 0 Å². The highest BCUT2D eigenvalue weighted by Gasteiger charge is 2.35. The fraction of sp³-hybridized carbons (Fsp3) is 0.227. The second kappa shape index (κ2) is 9.02. The fourth-order valence-corrected chi connectivity index (χ4v) is 4.23. The second-order valence-electron chi connectivity index (χ2n) is 7.74. The lowest BCUT2D eigenvalue weighted by Crippen LogP contribution is -2.32. The van der Waals surface area contributed by atoms with Gasteiger partial charge in [0.05, 0.1) is 35.2 Å². The second-order valence-corrected chi connectivity index (χ2v) is 8.18. The van der Waals surface area contributed by atoms with Gasteiger partial charge in [-0.05, 0) is 43.2 Å². The smallest absolute Gasteiger partial charge is 0.405 e. The highest BCUT2D eigenvalue weighted by Crippen LogP contribution is 2.36. The van der Waals surface area contributed by atoms with E-state index in [2.05, 4.69) is 30.1 Å². The quantitative estimate of drug-likeness (QED) is 0.427. The van der Waals surface area contributed by atoms with Gasteiger partial charge in [-0.25, -0.2) is 0 Å². The van der Waals surface area contributed by atoms with E-state index >= 15 is 0 Å². The molecule has 1 atom stereocenters. The summed E-state index contributed by atoms with van der Waals surface area (Å²) in [6, 6.07) is 10.0. The first-order valence-corrected chi connectivity index (χ1v) is 10.9. The molecule has 2 aromatic heterocycles. The largest absolute Gasteiger partial charge is 0.573 e. The van der Waals surface area contributed by atoms with Crippen LogP contribution in [-0.2, 0) is 0 Å². The Hall–Kier alpha value is -3.93. The summed E-state index contributed by atoms with van der Waals surface area (Å²) in [7, 11) is 0. The van der Waals surface area contributed by atoms with Crippen molar-refractivity contribution in [3.8, 4) is 22.8 Å². The lowest BCUT2D eigenvalue weighted by atomic mass is 10.1. The van der Waals surface area contributed by atoms with Gasteiger partial charge in [0.2, 0.25) is 0 Å². The molecule has 1 N–H and O–H groups in total. The number of nitrogens with zero attached hydrogens (tertiary/aromatic N) is 6. The van der Waals surface area contributed by atoms with E-state index < -0.39 is 18.2 Å². The van der Waals surface area contributed by atoms with Crippen molar-refractivity contribution in [3.05, 3.63) is 71.3 Å². The van der Waals surface area contributed by atoms with Gasteiger partial charge in [-0.2, -0.15) is 15.0 Å². The number of alkyl halides is 3. The zero-order valence-corrected chi connectivity index (χ0v) is 18.7. The molecule has 0 saturated carbocycles. The van der Waals surface area contributed by atoms with Crippen LogP contribution in [0.25, 0.3) is 17.1 Å². The highest BCUT2D eigenvalue weighted by atomic mass is 35.5. The maximum Gasteiger partial charge on any atom is 0.573 e. The highest BCUT2D eigenvalue weighted by molar-refractivity contribution is 6.31. The molecule has 13 heteroatoms. The first-order valence-electron chi connectivity index (χ1n) is 10.5. The number of H-pyrrole nitrogens is 1. The predicted molar refractivity (Wildman–Crippen MR) is 118 cm³/mol. The number of amides is 1. The summed E-state index contributed by atoms with van der Waals surface area (Å²) < 4.78 is 42.6. The van der Waals surface area contributed by atoms with Crippen molar-refractivity contribution in [2.24, 2.45) is 0 Å². The van der Waals surface area contributed by atoms with E-state index in [-0.39, 0.29) is 17.3 Å². The van der Waals surface area contributed by atoms with E-state index in [1.54, 1.807) is 29.2 Å². The van der Waals surface area contributed by atoms with E-state index in [4.69, 9.17) is 11.6 Å². The molecule has 0 spiro atoms. The zero-order valence-electron chi connectivity index (χ0n) is 17.9. The van der Waals surface area contributed by atoms with Crippen molar-refractivity contribution in [2.45, 2.75) is 25.2 Å². The average molecular weight is 504 g/mol. The molecule has 5 rings (SSSR count). The molecule has 1 saturated heterocycles. The SMILES string of the molecule is O=C(c1ccc(Cl)cc1-n1nccn1)N1CCCC1c1nnc(-c2ccccc2OC(F)(F)F)[nH]1. The molecular weight excluding hydrogens is 487 g/mol. The predicted octanol–water partition coefficient (Wildman–Crippen LogP) is 4.58. The minimum atomic E-state index is -4.85. The van der Waals surface area contributed by atoms with E-state index in [1.807, 2.05) is 0 Å². The molecule has 35 heavy (non-hydrogen) atoms. The molecule has 1 aliphatic rings. The lowest BCUT2D eigenvalue weighted by Gasteiger charge is -2.24. The van der Waals surface area contributed by atoms with Crippen molar-refractivity contribution >= 4 is 17.5 Å². The number of para-hydroxylation sites is 1. The molecule has 1 amide bonds. The minimum absolute atomic E-state index is 0.101. The lowest BCUT2D eigenvalue weighted by molar-refractivity contribution is -0.274. The van der Waals surface area contributed by atoms with Crippen LogP contribution in [0.2, 0.25) is 5.02 Å². The average Bonchev–Trinajstić information content (AvgIpc) is 3.59. The molecule has 3 heterocycles.